The number of nitriles is 1. The zero-order valence-electron chi connectivity index (χ0n) is 14.0. The molecule has 6 heteroatoms. The van der Waals surface area contributed by atoms with Crippen molar-refractivity contribution in [1.29, 1.82) is 5.26 Å². The Bertz CT molecular complexity index is 732. The molecule has 2 rings (SSSR count). The van der Waals surface area contributed by atoms with Gasteiger partial charge in [0.1, 0.15) is 11.8 Å². The molecule has 1 N–H and O–H groups in total. The quantitative estimate of drug-likeness (QED) is 0.846. The van der Waals surface area contributed by atoms with Crippen molar-refractivity contribution in [3.8, 4) is 6.07 Å². The molecule has 0 aliphatic rings. The van der Waals surface area contributed by atoms with Crippen molar-refractivity contribution >= 4 is 17.5 Å². The number of carbonyl (C=O) groups is 1. The normalized spacial score (nSPS) is 10.0. The maximum Gasteiger partial charge on any atom is 0.274 e. The largest absolute Gasteiger partial charge is 0.341 e. The third-order valence-electron chi connectivity index (χ3n) is 3.44. The van der Waals surface area contributed by atoms with Crippen molar-refractivity contribution in [2.75, 3.05) is 23.3 Å². The summed E-state index contributed by atoms with van der Waals surface area (Å²) in [6.45, 7) is 5.88. The number of nitrogens with zero attached hydrogens (tertiary/aromatic N) is 4. The second-order valence-corrected chi connectivity index (χ2v) is 5.34. The number of rotatable bonds is 7. The van der Waals surface area contributed by atoms with Crippen LogP contribution in [0.15, 0.2) is 36.5 Å². The number of nitrogens with one attached hydrogen (secondary N) is 1. The van der Waals surface area contributed by atoms with Crippen LogP contribution in [0.1, 0.15) is 42.7 Å². The Labute approximate surface area is 142 Å². The van der Waals surface area contributed by atoms with Gasteiger partial charge in [-0.2, -0.15) is 5.26 Å². The maximum absolute atomic E-state index is 12.4. The lowest BCUT2D eigenvalue weighted by atomic mass is 10.2. The van der Waals surface area contributed by atoms with E-state index in [2.05, 4.69) is 40.1 Å². The average Bonchev–Trinajstić information content (AvgIpc) is 2.62. The first-order chi connectivity index (χ1) is 11.7. The lowest BCUT2D eigenvalue weighted by molar-refractivity contribution is 0.102. The summed E-state index contributed by atoms with van der Waals surface area (Å²) in [5.41, 5.74) is 1.17. The number of para-hydroxylation sites is 1. The summed E-state index contributed by atoms with van der Waals surface area (Å²) in [6, 6.07) is 10.5. The zero-order valence-corrected chi connectivity index (χ0v) is 14.0. The fourth-order valence-electron chi connectivity index (χ4n) is 2.35. The third-order valence-corrected chi connectivity index (χ3v) is 3.44. The van der Waals surface area contributed by atoms with Gasteiger partial charge in [-0.25, -0.2) is 9.97 Å². The van der Waals surface area contributed by atoms with Gasteiger partial charge < -0.3 is 10.2 Å². The molecule has 0 atom stereocenters. The fraction of sp³-hybridized carbons (Fsp3) is 0.333. The SMILES string of the molecule is CCCN(CCC)c1nccc(C(=O)Nc2ccccc2C#N)n1. The fourth-order valence-corrected chi connectivity index (χ4v) is 2.35. The van der Waals surface area contributed by atoms with E-state index < -0.39 is 0 Å². The van der Waals surface area contributed by atoms with Gasteiger partial charge in [0.25, 0.3) is 5.91 Å². The highest BCUT2D eigenvalue weighted by atomic mass is 16.1. The van der Waals surface area contributed by atoms with Crippen LogP contribution in [-0.4, -0.2) is 29.0 Å². The van der Waals surface area contributed by atoms with Crippen LogP contribution in [0.3, 0.4) is 0 Å². The van der Waals surface area contributed by atoms with Gasteiger partial charge >= 0.3 is 0 Å². The van der Waals surface area contributed by atoms with Crippen LogP contribution in [0.25, 0.3) is 0 Å². The Morgan fingerprint density at radius 2 is 1.92 bits per heavy atom. The van der Waals surface area contributed by atoms with Gasteiger partial charge in [-0.3, -0.25) is 4.79 Å². The first-order valence-corrected chi connectivity index (χ1v) is 8.08. The monoisotopic (exact) mass is 323 g/mol. The smallest absolute Gasteiger partial charge is 0.274 e. The maximum atomic E-state index is 12.4. The molecule has 1 aromatic carbocycles. The predicted molar refractivity (Wildman–Crippen MR) is 93.9 cm³/mol. The van der Waals surface area contributed by atoms with Crippen molar-refractivity contribution in [3.05, 3.63) is 47.8 Å². The number of benzene rings is 1. The summed E-state index contributed by atoms with van der Waals surface area (Å²) < 4.78 is 0. The summed E-state index contributed by atoms with van der Waals surface area (Å²) in [7, 11) is 0. The first-order valence-electron chi connectivity index (χ1n) is 8.08. The van der Waals surface area contributed by atoms with Gasteiger partial charge in [0, 0.05) is 19.3 Å². The lowest BCUT2D eigenvalue weighted by Crippen LogP contribution is -2.28. The number of carbonyl (C=O) groups excluding carboxylic acids is 1. The standard InChI is InChI=1S/C18H21N5O/c1-3-11-23(12-4-2)18-20-10-9-16(22-18)17(24)21-15-8-6-5-7-14(15)13-19/h5-10H,3-4,11-12H2,1-2H3,(H,21,24). The van der Waals surface area contributed by atoms with Gasteiger partial charge in [-0.05, 0) is 31.0 Å². The number of hydrogen-bond acceptors (Lipinski definition) is 5. The molecule has 0 fully saturated rings. The molecule has 0 aliphatic heterocycles. The predicted octanol–water partition coefficient (Wildman–Crippen LogP) is 3.23. The van der Waals surface area contributed by atoms with Gasteiger partial charge in [0.05, 0.1) is 11.3 Å². The van der Waals surface area contributed by atoms with Crippen LogP contribution >= 0.6 is 0 Å². The van der Waals surface area contributed by atoms with Gasteiger partial charge in [0.15, 0.2) is 0 Å². The molecule has 0 spiro atoms. The van der Waals surface area contributed by atoms with Crippen LogP contribution < -0.4 is 10.2 Å². The average molecular weight is 323 g/mol. The van der Waals surface area contributed by atoms with Crippen LogP contribution in [0.4, 0.5) is 11.6 Å². The molecule has 1 amide bonds. The summed E-state index contributed by atoms with van der Waals surface area (Å²) in [5, 5.41) is 11.8. The minimum Gasteiger partial charge on any atom is -0.341 e. The molecule has 1 aromatic heterocycles. The summed E-state index contributed by atoms with van der Waals surface area (Å²) in [5.74, 6) is 0.203. The Morgan fingerprint density at radius 3 is 2.58 bits per heavy atom. The van der Waals surface area contributed by atoms with Crippen LogP contribution in [0.2, 0.25) is 0 Å². The van der Waals surface area contributed by atoms with E-state index in [1.165, 1.54) is 0 Å². The minimum absolute atomic E-state index is 0.282. The van der Waals surface area contributed by atoms with E-state index in [0.29, 0.717) is 17.2 Å². The van der Waals surface area contributed by atoms with Crippen molar-refractivity contribution < 1.29 is 4.79 Å². The molecule has 0 bridgehead atoms. The molecular weight excluding hydrogens is 302 g/mol. The van der Waals surface area contributed by atoms with E-state index in [1.807, 2.05) is 0 Å². The molecule has 0 aliphatic carbocycles. The molecule has 0 radical (unpaired) electrons. The molecule has 1 heterocycles. The van der Waals surface area contributed by atoms with Gasteiger partial charge in [-0.1, -0.05) is 26.0 Å². The molecular formula is C18H21N5O. The lowest BCUT2D eigenvalue weighted by Gasteiger charge is -2.21. The van der Waals surface area contributed by atoms with Crippen molar-refractivity contribution in [1.82, 2.24) is 9.97 Å². The third kappa shape index (κ3) is 4.29. The van der Waals surface area contributed by atoms with Crippen LogP contribution in [0, 0.1) is 11.3 Å². The van der Waals surface area contributed by atoms with E-state index in [4.69, 9.17) is 5.26 Å². The Morgan fingerprint density at radius 1 is 1.21 bits per heavy atom. The number of anilines is 2. The van der Waals surface area contributed by atoms with Crippen molar-refractivity contribution in [2.24, 2.45) is 0 Å². The molecule has 6 nitrogen and oxygen atoms in total. The Balaban J connectivity index is 2.21. The highest BCUT2D eigenvalue weighted by Crippen LogP contribution is 2.15. The summed E-state index contributed by atoms with van der Waals surface area (Å²) in [6.07, 6.45) is 3.55. The van der Waals surface area contributed by atoms with E-state index in [0.717, 1.165) is 25.9 Å². The summed E-state index contributed by atoms with van der Waals surface area (Å²) in [4.78, 5) is 23.2. The second kappa shape index (κ2) is 8.63. The molecule has 2 aromatic rings. The Hall–Kier alpha value is -2.94. The number of amides is 1. The highest BCUT2D eigenvalue weighted by molar-refractivity contribution is 6.03. The Kier molecular flexibility index (Phi) is 6.26. The molecule has 0 saturated carbocycles. The van der Waals surface area contributed by atoms with E-state index in [9.17, 15) is 4.79 Å². The first kappa shape index (κ1) is 17.4. The molecule has 124 valence electrons. The molecule has 0 unspecified atom stereocenters. The number of aromatic nitrogens is 2. The highest BCUT2D eigenvalue weighted by Gasteiger charge is 2.14. The minimum atomic E-state index is -0.353. The molecule has 24 heavy (non-hydrogen) atoms. The van der Waals surface area contributed by atoms with E-state index >= 15 is 0 Å². The second-order valence-electron chi connectivity index (χ2n) is 5.34. The van der Waals surface area contributed by atoms with Crippen molar-refractivity contribution in [3.63, 3.8) is 0 Å². The molecule has 0 saturated heterocycles. The topological polar surface area (TPSA) is 81.9 Å². The van der Waals surface area contributed by atoms with Crippen molar-refractivity contribution in [2.45, 2.75) is 26.7 Å². The van der Waals surface area contributed by atoms with Gasteiger partial charge in [0.2, 0.25) is 5.95 Å². The van der Waals surface area contributed by atoms with Crippen LogP contribution in [-0.2, 0) is 0 Å². The van der Waals surface area contributed by atoms with E-state index in [-0.39, 0.29) is 11.6 Å². The summed E-state index contributed by atoms with van der Waals surface area (Å²) >= 11 is 0. The van der Waals surface area contributed by atoms with E-state index in [1.54, 1.807) is 36.5 Å². The zero-order chi connectivity index (χ0) is 17.4. The van der Waals surface area contributed by atoms with Gasteiger partial charge in [-0.15, -0.1) is 0 Å². The number of hydrogen-bond donors (Lipinski definition) is 1. The van der Waals surface area contributed by atoms with Crippen LogP contribution in [0.5, 0.6) is 0 Å².